The fourth-order valence-electron chi connectivity index (χ4n) is 1.56. The molecule has 0 atom stereocenters. The Morgan fingerprint density at radius 2 is 2.09 bits per heavy atom. The molecular weight excluding hydrogens is 397 g/mol. The number of nitrogens with zero attached hydrogens (tertiary/aromatic N) is 3. The number of rotatable bonds is 9. The van der Waals surface area contributed by atoms with Crippen LogP contribution in [-0.2, 0) is 11.3 Å². The van der Waals surface area contributed by atoms with Crippen LogP contribution >= 0.6 is 24.0 Å². The smallest absolute Gasteiger partial charge is 0.223 e. The van der Waals surface area contributed by atoms with Crippen LogP contribution in [0.5, 0.6) is 0 Å². The van der Waals surface area contributed by atoms with Crippen molar-refractivity contribution in [2.45, 2.75) is 40.7 Å². The summed E-state index contributed by atoms with van der Waals surface area (Å²) in [4.78, 5) is 8.51. The lowest BCUT2D eigenvalue weighted by atomic mass is 10.1. The van der Waals surface area contributed by atoms with Crippen molar-refractivity contribution in [1.82, 2.24) is 20.8 Å². The minimum atomic E-state index is 0. The molecule has 0 bridgehead atoms. The van der Waals surface area contributed by atoms with Crippen molar-refractivity contribution in [1.29, 1.82) is 0 Å². The molecule has 0 aromatic carbocycles. The molecular formula is C14H28IN5O2. The Labute approximate surface area is 149 Å². The first kappa shape index (κ1) is 21.1. The van der Waals surface area contributed by atoms with Gasteiger partial charge in [0.05, 0.1) is 6.61 Å². The highest BCUT2D eigenvalue weighted by Gasteiger charge is 2.02. The van der Waals surface area contributed by atoms with Gasteiger partial charge in [0.15, 0.2) is 11.8 Å². The van der Waals surface area contributed by atoms with E-state index in [1.54, 1.807) is 6.92 Å². The molecule has 7 nitrogen and oxygen atoms in total. The van der Waals surface area contributed by atoms with E-state index in [0.717, 1.165) is 32.1 Å². The highest BCUT2D eigenvalue weighted by atomic mass is 127. The maximum absolute atomic E-state index is 5.55. The summed E-state index contributed by atoms with van der Waals surface area (Å²) in [6.45, 7) is 11.5. The lowest BCUT2D eigenvalue weighted by Crippen LogP contribution is -2.39. The molecule has 0 saturated carbocycles. The third kappa shape index (κ3) is 9.93. The average molecular weight is 425 g/mol. The molecule has 128 valence electrons. The number of halogens is 1. The Kier molecular flexibility index (Phi) is 12.1. The molecule has 0 aliphatic carbocycles. The Morgan fingerprint density at radius 3 is 2.68 bits per heavy atom. The van der Waals surface area contributed by atoms with Crippen LogP contribution in [-0.4, -0.2) is 42.4 Å². The normalized spacial score (nSPS) is 11.4. The van der Waals surface area contributed by atoms with Gasteiger partial charge in [0.25, 0.3) is 0 Å². The van der Waals surface area contributed by atoms with Crippen molar-refractivity contribution in [2.24, 2.45) is 10.9 Å². The summed E-state index contributed by atoms with van der Waals surface area (Å²) in [5.74, 6) is 2.54. The number of guanidine groups is 1. The number of aromatic nitrogens is 2. The van der Waals surface area contributed by atoms with Gasteiger partial charge in [0, 0.05) is 26.6 Å². The van der Waals surface area contributed by atoms with Crippen LogP contribution in [0.1, 0.15) is 38.9 Å². The molecule has 1 heterocycles. The number of nitrogens with one attached hydrogen (secondary N) is 2. The summed E-state index contributed by atoms with van der Waals surface area (Å²) in [5, 5.41) is 10.2. The van der Waals surface area contributed by atoms with E-state index in [1.165, 1.54) is 0 Å². The summed E-state index contributed by atoms with van der Waals surface area (Å²) in [7, 11) is 0. The van der Waals surface area contributed by atoms with Gasteiger partial charge < -0.3 is 19.9 Å². The lowest BCUT2D eigenvalue weighted by Gasteiger charge is -2.11. The van der Waals surface area contributed by atoms with E-state index in [0.29, 0.717) is 30.8 Å². The quantitative estimate of drug-likeness (QED) is 0.273. The topological polar surface area (TPSA) is 84.6 Å². The van der Waals surface area contributed by atoms with Crippen molar-refractivity contribution >= 4 is 29.9 Å². The molecule has 0 spiro atoms. The maximum atomic E-state index is 5.55. The average Bonchev–Trinajstić information content (AvgIpc) is 2.85. The molecule has 22 heavy (non-hydrogen) atoms. The predicted octanol–water partition coefficient (Wildman–Crippen LogP) is 2.11. The van der Waals surface area contributed by atoms with Gasteiger partial charge in [-0.25, -0.2) is 4.99 Å². The summed E-state index contributed by atoms with van der Waals surface area (Å²) in [6, 6.07) is 0. The van der Waals surface area contributed by atoms with Crippen LogP contribution in [0.3, 0.4) is 0 Å². The van der Waals surface area contributed by atoms with Crippen LogP contribution in [0.15, 0.2) is 9.52 Å². The molecule has 0 aliphatic heterocycles. The van der Waals surface area contributed by atoms with Gasteiger partial charge in [-0.1, -0.05) is 19.0 Å². The van der Waals surface area contributed by atoms with Crippen LogP contribution in [0.4, 0.5) is 0 Å². The van der Waals surface area contributed by atoms with E-state index in [9.17, 15) is 0 Å². The first-order valence-electron chi connectivity index (χ1n) is 7.51. The van der Waals surface area contributed by atoms with E-state index in [-0.39, 0.29) is 24.0 Å². The summed E-state index contributed by atoms with van der Waals surface area (Å²) in [5.41, 5.74) is 0. The molecule has 0 unspecified atom stereocenters. The zero-order valence-corrected chi connectivity index (χ0v) is 16.2. The number of aliphatic imine (C=N–C) groups is 1. The minimum Gasteiger partial charge on any atom is -0.380 e. The predicted molar refractivity (Wildman–Crippen MR) is 97.5 cm³/mol. The van der Waals surface area contributed by atoms with Crippen molar-refractivity contribution in [2.75, 3.05) is 26.3 Å². The first-order valence-corrected chi connectivity index (χ1v) is 7.51. The molecule has 2 N–H and O–H groups in total. The Hall–Kier alpha value is -0.900. The number of hydrogen-bond donors (Lipinski definition) is 2. The number of hydrogen-bond acceptors (Lipinski definition) is 5. The van der Waals surface area contributed by atoms with Crippen molar-refractivity contribution in [3.63, 3.8) is 0 Å². The van der Waals surface area contributed by atoms with Gasteiger partial charge in [0.2, 0.25) is 5.89 Å². The number of ether oxygens (including phenoxy) is 1. The third-order valence-corrected chi connectivity index (χ3v) is 2.67. The second-order valence-electron chi connectivity index (χ2n) is 5.15. The lowest BCUT2D eigenvalue weighted by molar-refractivity contribution is 0.128. The molecule has 1 aromatic heterocycles. The van der Waals surface area contributed by atoms with E-state index >= 15 is 0 Å². The van der Waals surface area contributed by atoms with Gasteiger partial charge >= 0.3 is 0 Å². The van der Waals surface area contributed by atoms with Crippen molar-refractivity contribution < 1.29 is 9.26 Å². The zero-order valence-electron chi connectivity index (χ0n) is 13.9. The molecule has 0 aliphatic rings. The zero-order chi connectivity index (χ0) is 15.5. The Bertz CT molecular complexity index is 423. The molecule has 1 aromatic rings. The monoisotopic (exact) mass is 425 g/mol. The number of aryl methyl sites for hydroxylation is 1. The van der Waals surface area contributed by atoms with Crippen LogP contribution in [0.2, 0.25) is 0 Å². The van der Waals surface area contributed by atoms with E-state index in [2.05, 4.69) is 39.6 Å². The Morgan fingerprint density at radius 1 is 1.32 bits per heavy atom. The fraction of sp³-hybridized carbons (Fsp3) is 0.786. The molecule has 0 saturated heterocycles. The van der Waals surface area contributed by atoms with E-state index < -0.39 is 0 Å². The van der Waals surface area contributed by atoms with Crippen LogP contribution in [0.25, 0.3) is 0 Å². The van der Waals surface area contributed by atoms with Gasteiger partial charge in [0.1, 0.15) is 6.54 Å². The standard InChI is InChI=1S/C14H27N5O2.HI/c1-5-15-14(16-7-9-20-8-6-11(2)3)17-10-13-18-12(4)21-19-13;/h11H,5-10H2,1-4H3,(H2,15,16,17);1H. The summed E-state index contributed by atoms with van der Waals surface area (Å²) in [6.07, 6.45) is 1.09. The van der Waals surface area contributed by atoms with Crippen molar-refractivity contribution in [3.8, 4) is 0 Å². The first-order chi connectivity index (χ1) is 10.1. The van der Waals surface area contributed by atoms with Crippen LogP contribution in [0, 0.1) is 12.8 Å². The Balaban J connectivity index is 0.00000441. The SMILES string of the molecule is CCNC(=NCc1noc(C)n1)NCCOCCC(C)C.I. The van der Waals surface area contributed by atoms with Gasteiger partial charge in [-0.05, 0) is 19.3 Å². The van der Waals surface area contributed by atoms with Crippen LogP contribution < -0.4 is 10.6 Å². The fourth-order valence-corrected chi connectivity index (χ4v) is 1.56. The molecule has 0 fully saturated rings. The second kappa shape index (κ2) is 12.6. The highest BCUT2D eigenvalue weighted by Crippen LogP contribution is 1.98. The molecule has 0 radical (unpaired) electrons. The third-order valence-electron chi connectivity index (χ3n) is 2.67. The summed E-state index contributed by atoms with van der Waals surface area (Å²) < 4.78 is 10.5. The molecule has 1 rings (SSSR count). The van der Waals surface area contributed by atoms with Crippen molar-refractivity contribution in [3.05, 3.63) is 11.7 Å². The molecule has 0 amide bonds. The van der Waals surface area contributed by atoms with Gasteiger partial charge in [-0.15, -0.1) is 24.0 Å². The van der Waals surface area contributed by atoms with Gasteiger partial charge in [-0.3, -0.25) is 0 Å². The van der Waals surface area contributed by atoms with E-state index in [4.69, 9.17) is 9.26 Å². The molecule has 8 heteroatoms. The second-order valence-corrected chi connectivity index (χ2v) is 5.15. The largest absolute Gasteiger partial charge is 0.380 e. The summed E-state index contributed by atoms with van der Waals surface area (Å²) >= 11 is 0. The van der Waals surface area contributed by atoms with E-state index in [1.807, 2.05) is 6.92 Å². The minimum absolute atomic E-state index is 0. The maximum Gasteiger partial charge on any atom is 0.223 e. The highest BCUT2D eigenvalue weighted by molar-refractivity contribution is 14.0. The van der Waals surface area contributed by atoms with Gasteiger partial charge in [-0.2, -0.15) is 4.98 Å².